The second-order valence-electron chi connectivity index (χ2n) is 4.45. The smallest absolute Gasteiger partial charge is 0.387 e. The van der Waals surface area contributed by atoms with Crippen LogP contribution >= 0.6 is 0 Å². The summed E-state index contributed by atoms with van der Waals surface area (Å²) in [7, 11) is 0. The number of nitrogens with one attached hydrogen (secondary N) is 1. The van der Waals surface area contributed by atoms with Crippen molar-refractivity contribution in [3.05, 3.63) is 60.4 Å². The molecular weight excluding hydrogens is 292 g/mol. The van der Waals surface area contributed by atoms with Crippen molar-refractivity contribution < 1.29 is 18.3 Å². The summed E-state index contributed by atoms with van der Waals surface area (Å²) in [6.45, 7) is -2.89. The number of aromatic nitrogens is 2. The molecule has 1 amide bonds. The number of benzene rings is 2. The van der Waals surface area contributed by atoms with Crippen molar-refractivity contribution in [3.8, 4) is 5.75 Å². The predicted molar refractivity (Wildman–Crippen MR) is 76.5 cm³/mol. The molecule has 0 aliphatic rings. The number of ether oxygens (including phenoxy) is 1. The first-order valence-electron chi connectivity index (χ1n) is 6.42. The van der Waals surface area contributed by atoms with Gasteiger partial charge in [-0.2, -0.15) is 8.78 Å². The predicted octanol–water partition coefficient (Wildman–Crippen LogP) is 3.02. The molecule has 1 aromatic heterocycles. The van der Waals surface area contributed by atoms with Crippen LogP contribution in [-0.2, 0) is 0 Å². The molecule has 22 heavy (non-hydrogen) atoms. The van der Waals surface area contributed by atoms with E-state index in [2.05, 4.69) is 15.1 Å². The number of hydrogen-bond acceptors (Lipinski definition) is 3. The van der Waals surface area contributed by atoms with Crippen LogP contribution in [0.2, 0.25) is 0 Å². The third kappa shape index (κ3) is 2.88. The van der Waals surface area contributed by atoms with Crippen LogP contribution in [0, 0.1) is 0 Å². The van der Waals surface area contributed by atoms with Gasteiger partial charge < -0.3 is 4.74 Å². The number of halogens is 2. The molecule has 0 aliphatic heterocycles. The van der Waals surface area contributed by atoms with Gasteiger partial charge in [0.05, 0.1) is 11.0 Å². The lowest BCUT2D eigenvalue weighted by molar-refractivity contribution is -0.0498. The fourth-order valence-corrected chi connectivity index (χ4v) is 2.01. The Kier molecular flexibility index (Phi) is 3.69. The molecule has 0 spiro atoms. The summed E-state index contributed by atoms with van der Waals surface area (Å²) >= 11 is 0. The molecule has 1 heterocycles. The van der Waals surface area contributed by atoms with E-state index in [-0.39, 0.29) is 11.7 Å². The summed E-state index contributed by atoms with van der Waals surface area (Å²) in [5.41, 5.74) is 4.50. The van der Waals surface area contributed by atoms with Gasteiger partial charge in [0.2, 0.25) is 0 Å². The zero-order valence-electron chi connectivity index (χ0n) is 11.2. The van der Waals surface area contributed by atoms with Crippen LogP contribution in [0.25, 0.3) is 11.0 Å². The van der Waals surface area contributed by atoms with Crippen LogP contribution < -0.4 is 10.2 Å². The fraction of sp³-hybridized carbons (Fsp3) is 0.0667. The van der Waals surface area contributed by atoms with Crippen LogP contribution in [0.3, 0.4) is 0 Å². The summed E-state index contributed by atoms with van der Waals surface area (Å²) in [5.74, 6) is -0.383. The van der Waals surface area contributed by atoms with Crippen LogP contribution in [0.4, 0.5) is 8.78 Å². The second-order valence-corrected chi connectivity index (χ2v) is 4.45. The van der Waals surface area contributed by atoms with Crippen LogP contribution in [0.15, 0.2) is 54.9 Å². The molecule has 0 radical (unpaired) electrons. The molecule has 112 valence electrons. The van der Waals surface area contributed by atoms with Gasteiger partial charge in [-0.05, 0) is 36.4 Å². The summed E-state index contributed by atoms with van der Waals surface area (Å²) in [5, 5.41) is 0. The Morgan fingerprint density at radius 3 is 2.59 bits per heavy atom. The van der Waals surface area contributed by atoms with E-state index in [1.165, 1.54) is 35.3 Å². The molecule has 2 aromatic carbocycles. The molecule has 0 atom stereocenters. The highest BCUT2D eigenvalue weighted by Gasteiger charge is 2.10. The van der Waals surface area contributed by atoms with Gasteiger partial charge in [0, 0.05) is 5.56 Å². The van der Waals surface area contributed by atoms with Crippen LogP contribution in [-0.4, -0.2) is 22.2 Å². The maximum atomic E-state index is 12.1. The first-order valence-corrected chi connectivity index (χ1v) is 6.42. The Morgan fingerprint density at radius 1 is 1.14 bits per heavy atom. The van der Waals surface area contributed by atoms with Crippen molar-refractivity contribution in [1.29, 1.82) is 0 Å². The maximum Gasteiger partial charge on any atom is 0.387 e. The number of fused-ring (bicyclic) bond motifs is 1. The minimum atomic E-state index is -2.89. The Balaban J connectivity index is 1.77. The molecule has 1 N–H and O–H groups in total. The minimum absolute atomic E-state index is 0.000342. The van der Waals surface area contributed by atoms with Crippen LogP contribution in [0.5, 0.6) is 5.75 Å². The largest absolute Gasteiger partial charge is 0.435 e. The average Bonchev–Trinajstić information content (AvgIpc) is 2.91. The van der Waals surface area contributed by atoms with Crippen molar-refractivity contribution in [3.63, 3.8) is 0 Å². The highest BCUT2D eigenvalue weighted by molar-refractivity contribution is 6.00. The summed E-state index contributed by atoms with van der Waals surface area (Å²) in [4.78, 5) is 16.3. The van der Waals surface area contributed by atoms with Gasteiger partial charge in [-0.15, -0.1) is 0 Å². The van der Waals surface area contributed by atoms with Gasteiger partial charge in [0.25, 0.3) is 5.91 Å². The van der Waals surface area contributed by atoms with E-state index in [9.17, 15) is 13.6 Å². The average molecular weight is 303 g/mol. The summed E-state index contributed by atoms with van der Waals surface area (Å²) in [6, 6.07) is 12.8. The number of carbonyl (C=O) groups excluding carboxylic acids is 1. The Bertz CT molecular complexity index is 800. The van der Waals surface area contributed by atoms with E-state index >= 15 is 0 Å². The van der Waals surface area contributed by atoms with E-state index in [4.69, 9.17) is 0 Å². The van der Waals surface area contributed by atoms with Gasteiger partial charge in [-0.25, -0.2) is 9.66 Å². The number of hydrogen-bond donors (Lipinski definition) is 1. The molecule has 0 saturated carbocycles. The highest BCUT2D eigenvalue weighted by atomic mass is 19.3. The molecule has 3 aromatic rings. The zero-order chi connectivity index (χ0) is 15.5. The molecule has 0 fully saturated rings. The molecule has 0 saturated heterocycles. The van der Waals surface area contributed by atoms with Gasteiger partial charge in [-0.3, -0.25) is 10.2 Å². The number of imidazole rings is 1. The summed E-state index contributed by atoms with van der Waals surface area (Å²) in [6.07, 6.45) is 1.50. The van der Waals surface area contributed by atoms with Crippen LogP contribution in [0.1, 0.15) is 10.4 Å². The molecule has 0 aliphatic carbocycles. The monoisotopic (exact) mass is 303 g/mol. The maximum absolute atomic E-state index is 12.1. The number of nitrogens with zero attached hydrogens (tertiary/aromatic N) is 2. The normalized spacial score (nSPS) is 10.9. The third-order valence-electron chi connectivity index (χ3n) is 3.02. The Labute approximate surface area is 124 Å². The molecule has 0 bridgehead atoms. The van der Waals surface area contributed by atoms with Gasteiger partial charge in [0.15, 0.2) is 0 Å². The van der Waals surface area contributed by atoms with Gasteiger partial charge >= 0.3 is 6.61 Å². The number of amides is 1. The first-order chi connectivity index (χ1) is 10.6. The summed E-state index contributed by atoms with van der Waals surface area (Å²) < 4.78 is 29.9. The lowest BCUT2D eigenvalue weighted by atomic mass is 10.2. The lowest BCUT2D eigenvalue weighted by Crippen LogP contribution is -2.21. The third-order valence-corrected chi connectivity index (χ3v) is 3.02. The van der Waals surface area contributed by atoms with E-state index in [0.29, 0.717) is 5.56 Å². The molecular formula is C15H11F2N3O2. The highest BCUT2D eigenvalue weighted by Crippen LogP contribution is 2.15. The van der Waals surface area contributed by atoms with Gasteiger partial charge in [0.1, 0.15) is 12.1 Å². The van der Waals surface area contributed by atoms with E-state index < -0.39 is 6.61 Å². The van der Waals surface area contributed by atoms with Crippen molar-refractivity contribution >= 4 is 16.9 Å². The van der Waals surface area contributed by atoms with Crippen molar-refractivity contribution in [2.75, 3.05) is 5.43 Å². The second kappa shape index (κ2) is 5.80. The van der Waals surface area contributed by atoms with Crippen molar-refractivity contribution in [2.24, 2.45) is 0 Å². The van der Waals surface area contributed by atoms with Gasteiger partial charge in [-0.1, -0.05) is 12.1 Å². The standard InChI is InChI=1S/C15H11F2N3O2/c16-15(17)22-11-7-5-10(6-8-11)14(21)19-20-9-18-12-3-1-2-4-13(12)20/h1-9,15H,(H,19,21). The van der Waals surface area contributed by atoms with E-state index in [0.717, 1.165) is 11.0 Å². The number of para-hydroxylation sites is 2. The zero-order valence-corrected chi connectivity index (χ0v) is 11.2. The van der Waals surface area contributed by atoms with Crippen molar-refractivity contribution in [2.45, 2.75) is 6.61 Å². The molecule has 5 nitrogen and oxygen atoms in total. The Morgan fingerprint density at radius 2 is 1.86 bits per heavy atom. The molecule has 3 rings (SSSR count). The molecule has 0 unspecified atom stereocenters. The fourth-order valence-electron chi connectivity index (χ4n) is 2.01. The first kappa shape index (κ1) is 14.0. The quantitative estimate of drug-likeness (QED) is 0.806. The topological polar surface area (TPSA) is 56.2 Å². The van der Waals surface area contributed by atoms with Crippen molar-refractivity contribution in [1.82, 2.24) is 9.66 Å². The molecule has 7 heteroatoms. The number of alkyl halides is 2. The number of rotatable bonds is 4. The Hall–Kier alpha value is -2.96. The number of carbonyl (C=O) groups is 1. The SMILES string of the molecule is O=C(Nn1cnc2ccccc21)c1ccc(OC(F)F)cc1. The van der Waals surface area contributed by atoms with E-state index in [1.54, 1.807) is 0 Å². The lowest BCUT2D eigenvalue weighted by Gasteiger charge is -2.08. The van der Waals surface area contributed by atoms with E-state index in [1.807, 2.05) is 24.3 Å². The minimum Gasteiger partial charge on any atom is -0.435 e.